The molecule has 1 N–H and O–H groups in total. The molecule has 3 aromatic carbocycles. The minimum Gasteiger partial charge on any atom is -0.326 e. The van der Waals surface area contributed by atoms with Crippen LogP contribution in [0, 0.1) is 0 Å². The number of aromatic amines is 1. The molecule has 4 aromatic rings. The molecule has 0 saturated heterocycles. The number of pyridine rings is 1. The molecular weight excluding hydrogens is 342 g/mol. The van der Waals surface area contributed by atoms with Gasteiger partial charge in [0.2, 0.25) is 0 Å². The zero-order valence-electron chi connectivity index (χ0n) is 15.9. The Morgan fingerprint density at radius 3 is 2.43 bits per heavy atom. The first-order valence-corrected chi connectivity index (χ1v) is 10.1. The molecule has 1 heterocycles. The zero-order valence-corrected chi connectivity index (χ0v) is 15.9. The molecule has 0 fully saturated rings. The first-order chi connectivity index (χ1) is 13.8. The highest BCUT2D eigenvalue weighted by molar-refractivity contribution is 5.86. The van der Waals surface area contributed by atoms with Gasteiger partial charge < -0.3 is 4.98 Å². The molecular formula is C26H23NO. The van der Waals surface area contributed by atoms with Crippen LogP contribution in [0.15, 0.2) is 77.6 Å². The van der Waals surface area contributed by atoms with E-state index in [4.69, 9.17) is 0 Å². The number of hydrogen-bond acceptors (Lipinski definition) is 1. The first-order valence-electron chi connectivity index (χ1n) is 10.1. The molecule has 138 valence electrons. The van der Waals surface area contributed by atoms with Crippen molar-refractivity contribution in [2.45, 2.75) is 32.1 Å². The van der Waals surface area contributed by atoms with Crippen LogP contribution in [-0.2, 0) is 19.3 Å². The van der Waals surface area contributed by atoms with Crippen LogP contribution in [0.5, 0.6) is 0 Å². The lowest BCUT2D eigenvalue weighted by molar-refractivity contribution is 0.664. The monoisotopic (exact) mass is 365 g/mol. The van der Waals surface area contributed by atoms with Crippen molar-refractivity contribution in [1.29, 1.82) is 0 Å². The summed E-state index contributed by atoms with van der Waals surface area (Å²) in [4.78, 5) is 16.4. The van der Waals surface area contributed by atoms with Gasteiger partial charge in [0.15, 0.2) is 0 Å². The van der Waals surface area contributed by atoms with Gasteiger partial charge in [0.1, 0.15) is 0 Å². The van der Waals surface area contributed by atoms with Crippen molar-refractivity contribution in [2.75, 3.05) is 0 Å². The van der Waals surface area contributed by atoms with Gasteiger partial charge in [0, 0.05) is 17.7 Å². The van der Waals surface area contributed by atoms with Gasteiger partial charge in [0.05, 0.1) is 0 Å². The quantitative estimate of drug-likeness (QED) is 0.499. The Labute approximate surface area is 164 Å². The molecule has 0 unspecified atom stereocenters. The van der Waals surface area contributed by atoms with E-state index in [-0.39, 0.29) is 5.56 Å². The molecule has 2 heteroatoms. The number of hydrogen-bond donors (Lipinski definition) is 1. The van der Waals surface area contributed by atoms with Crippen LogP contribution in [0.3, 0.4) is 0 Å². The molecule has 2 nitrogen and oxygen atoms in total. The van der Waals surface area contributed by atoms with Crippen molar-refractivity contribution in [2.24, 2.45) is 0 Å². The third-order valence-electron chi connectivity index (χ3n) is 5.92. The van der Waals surface area contributed by atoms with Crippen LogP contribution in [-0.4, -0.2) is 4.98 Å². The fourth-order valence-corrected chi connectivity index (χ4v) is 4.59. The minimum absolute atomic E-state index is 0.0624. The Balaban J connectivity index is 1.74. The van der Waals surface area contributed by atoms with Gasteiger partial charge in [-0.2, -0.15) is 0 Å². The fraction of sp³-hybridized carbons (Fsp3) is 0.192. The van der Waals surface area contributed by atoms with E-state index in [9.17, 15) is 4.79 Å². The summed E-state index contributed by atoms with van der Waals surface area (Å²) >= 11 is 0. The van der Waals surface area contributed by atoms with E-state index in [0.29, 0.717) is 6.42 Å². The van der Waals surface area contributed by atoms with Crippen LogP contribution in [0.1, 0.15) is 35.2 Å². The zero-order chi connectivity index (χ0) is 18.9. The summed E-state index contributed by atoms with van der Waals surface area (Å²) in [5.41, 5.74) is 6.95. The number of benzene rings is 3. The van der Waals surface area contributed by atoms with Gasteiger partial charge in [-0.15, -0.1) is 0 Å². The molecule has 1 aliphatic carbocycles. The van der Waals surface area contributed by atoms with E-state index in [2.05, 4.69) is 71.7 Å². The maximum absolute atomic E-state index is 13.2. The van der Waals surface area contributed by atoms with Crippen molar-refractivity contribution in [3.8, 4) is 11.1 Å². The Morgan fingerprint density at radius 1 is 0.786 bits per heavy atom. The number of nitrogens with one attached hydrogen (secondary N) is 1. The summed E-state index contributed by atoms with van der Waals surface area (Å²) in [6.45, 7) is 0. The molecule has 0 radical (unpaired) electrons. The topological polar surface area (TPSA) is 32.9 Å². The number of aromatic nitrogens is 1. The number of H-pyrrole nitrogens is 1. The normalized spacial score (nSPS) is 13.4. The standard InChI is InChI=1S/C26H23NO/c28-26-23(17-20-13-8-12-18-9-4-5-14-21(18)20)25(19-10-2-1-3-11-19)22-15-6-7-16-24(22)27-26/h1-5,8-14H,6-7,15-17H2,(H,27,28). The summed E-state index contributed by atoms with van der Waals surface area (Å²) in [7, 11) is 0. The Bertz CT molecular complexity index is 1200. The second-order valence-electron chi connectivity index (χ2n) is 7.65. The Kier molecular flexibility index (Phi) is 4.32. The molecule has 28 heavy (non-hydrogen) atoms. The van der Waals surface area contributed by atoms with Gasteiger partial charge in [0.25, 0.3) is 5.56 Å². The predicted octanol–water partition coefficient (Wildman–Crippen LogP) is 5.66. The highest BCUT2D eigenvalue weighted by Gasteiger charge is 2.21. The summed E-state index contributed by atoms with van der Waals surface area (Å²) in [6, 6.07) is 25.2. The van der Waals surface area contributed by atoms with E-state index in [1.807, 2.05) is 6.07 Å². The van der Waals surface area contributed by atoms with E-state index < -0.39 is 0 Å². The smallest absolute Gasteiger partial charge is 0.252 e. The lowest BCUT2D eigenvalue weighted by atomic mass is 9.85. The molecule has 1 aromatic heterocycles. The van der Waals surface area contributed by atoms with Gasteiger partial charge in [-0.1, -0.05) is 72.8 Å². The molecule has 0 amide bonds. The van der Waals surface area contributed by atoms with Crippen LogP contribution < -0.4 is 5.56 Å². The minimum atomic E-state index is 0.0624. The van der Waals surface area contributed by atoms with Crippen LogP contribution >= 0.6 is 0 Å². The number of fused-ring (bicyclic) bond motifs is 2. The molecule has 5 rings (SSSR count). The number of aryl methyl sites for hydroxylation is 1. The van der Waals surface area contributed by atoms with Gasteiger partial charge in [-0.3, -0.25) is 4.79 Å². The average Bonchev–Trinajstić information content (AvgIpc) is 2.75. The third kappa shape index (κ3) is 2.95. The van der Waals surface area contributed by atoms with E-state index in [1.165, 1.54) is 28.3 Å². The summed E-state index contributed by atoms with van der Waals surface area (Å²) in [5.74, 6) is 0. The fourth-order valence-electron chi connectivity index (χ4n) is 4.59. The molecule has 1 aliphatic rings. The van der Waals surface area contributed by atoms with Crippen LogP contribution in [0.4, 0.5) is 0 Å². The van der Waals surface area contributed by atoms with Gasteiger partial charge in [-0.05, 0) is 58.7 Å². The lowest BCUT2D eigenvalue weighted by Crippen LogP contribution is -2.22. The van der Waals surface area contributed by atoms with Crippen molar-refractivity contribution in [3.63, 3.8) is 0 Å². The molecule has 0 bridgehead atoms. The maximum Gasteiger partial charge on any atom is 0.252 e. The highest BCUT2D eigenvalue weighted by Crippen LogP contribution is 2.33. The van der Waals surface area contributed by atoms with Crippen molar-refractivity contribution in [3.05, 3.63) is 106 Å². The van der Waals surface area contributed by atoms with E-state index in [0.717, 1.165) is 41.6 Å². The second-order valence-corrected chi connectivity index (χ2v) is 7.65. The van der Waals surface area contributed by atoms with E-state index >= 15 is 0 Å². The summed E-state index contributed by atoms with van der Waals surface area (Å²) in [6.07, 6.45) is 5.00. The molecule has 0 aliphatic heterocycles. The third-order valence-corrected chi connectivity index (χ3v) is 5.92. The molecule has 0 saturated carbocycles. The SMILES string of the molecule is O=c1[nH]c2c(c(-c3ccccc3)c1Cc1cccc3ccccc13)CCCC2. The van der Waals surface area contributed by atoms with Crippen molar-refractivity contribution >= 4 is 10.8 Å². The Hall–Kier alpha value is -3.13. The van der Waals surface area contributed by atoms with Crippen LogP contribution in [0.25, 0.3) is 21.9 Å². The largest absolute Gasteiger partial charge is 0.326 e. The molecule has 0 atom stereocenters. The summed E-state index contributed by atoms with van der Waals surface area (Å²) < 4.78 is 0. The number of rotatable bonds is 3. The maximum atomic E-state index is 13.2. The second kappa shape index (κ2) is 7.12. The highest BCUT2D eigenvalue weighted by atomic mass is 16.1. The molecule has 0 spiro atoms. The van der Waals surface area contributed by atoms with E-state index in [1.54, 1.807) is 0 Å². The Morgan fingerprint density at radius 2 is 1.54 bits per heavy atom. The van der Waals surface area contributed by atoms with Crippen molar-refractivity contribution < 1.29 is 0 Å². The lowest BCUT2D eigenvalue weighted by Gasteiger charge is -2.22. The van der Waals surface area contributed by atoms with Gasteiger partial charge >= 0.3 is 0 Å². The average molecular weight is 365 g/mol. The van der Waals surface area contributed by atoms with Crippen LogP contribution in [0.2, 0.25) is 0 Å². The van der Waals surface area contributed by atoms with Crippen molar-refractivity contribution in [1.82, 2.24) is 4.98 Å². The predicted molar refractivity (Wildman–Crippen MR) is 116 cm³/mol. The summed E-state index contributed by atoms with van der Waals surface area (Å²) in [5, 5.41) is 2.44. The van der Waals surface area contributed by atoms with Gasteiger partial charge in [-0.25, -0.2) is 0 Å². The first kappa shape index (κ1) is 17.0.